The second-order valence-electron chi connectivity index (χ2n) is 12.4. The zero-order valence-electron chi connectivity index (χ0n) is 24.4. The molecule has 3 aliphatic rings. The van der Waals surface area contributed by atoms with Crippen LogP contribution in [0.25, 0.3) is 0 Å². The Bertz CT molecular complexity index is 1180. The van der Waals surface area contributed by atoms with Crippen molar-refractivity contribution >= 4 is 23.8 Å². The van der Waals surface area contributed by atoms with Gasteiger partial charge in [0.2, 0.25) is 11.8 Å². The summed E-state index contributed by atoms with van der Waals surface area (Å²) in [5, 5.41) is 2.34. The average Bonchev–Trinajstić information content (AvgIpc) is 3.22. The first-order valence-corrected chi connectivity index (χ1v) is 14.8. The van der Waals surface area contributed by atoms with Crippen molar-refractivity contribution in [2.45, 2.75) is 116 Å². The van der Waals surface area contributed by atoms with Gasteiger partial charge in [0.1, 0.15) is 11.6 Å². The molecule has 1 aliphatic carbocycles. The molecule has 1 aromatic carbocycles. The highest BCUT2D eigenvalue weighted by molar-refractivity contribution is 6.05. The van der Waals surface area contributed by atoms with Gasteiger partial charge in [0, 0.05) is 43.1 Å². The fourth-order valence-electron chi connectivity index (χ4n) is 5.83. The Morgan fingerprint density at radius 1 is 1.07 bits per heavy atom. The molecule has 8 nitrogen and oxygen atoms in total. The van der Waals surface area contributed by atoms with Gasteiger partial charge in [0.25, 0.3) is 5.91 Å². The number of ether oxygens (including phenoxy) is 1. The number of imide groups is 1. The molecule has 0 spiro atoms. The van der Waals surface area contributed by atoms with Crippen molar-refractivity contribution < 1.29 is 23.9 Å². The summed E-state index contributed by atoms with van der Waals surface area (Å²) >= 11 is 0. The van der Waals surface area contributed by atoms with Crippen molar-refractivity contribution in [2.24, 2.45) is 5.92 Å². The third-order valence-corrected chi connectivity index (χ3v) is 8.06. The van der Waals surface area contributed by atoms with Crippen LogP contribution in [0.1, 0.15) is 113 Å². The Balaban J connectivity index is 1.28. The molecule has 4 rings (SSSR count). The first-order chi connectivity index (χ1) is 19.0. The number of hydrogen-bond acceptors (Lipinski definition) is 5. The predicted octanol–water partition coefficient (Wildman–Crippen LogP) is 5.18. The first-order valence-electron chi connectivity index (χ1n) is 14.8. The maximum atomic E-state index is 13.0. The van der Waals surface area contributed by atoms with Crippen molar-refractivity contribution in [1.82, 2.24) is 15.1 Å². The van der Waals surface area contributed by atoms with Crippen LogP contribution >= 0.6 is 0 Å². The predicted molar refractivity (Wildman–Crippen MR) is 152 cm³/mol. The molecule has 2 fully saturated rings. The van der Waals surface area contributed by atoms with E-state index in [2.05, 4.69) is 24.1 Å². The molecule has 8 heteroatoms. The van der Waals surface area contributed by atoms with Gasteiger partial charge >= 0.3 is 6.09 Å². The minimum absolute atomic E-state index is 0.185. The number of rotatable bonds is 7. The summed E-state index contributed by atoms with van der Waals surface area (Å²) in [6.07, 6.45) is 8.28. The van der Waals surface area contributed by atoms with Gasteiger partial charge < -0.3 is 14.5 Å². The minimum Gasteiger partial charge on any atom is -0.444 e. The average molecular weight is 550 g/mol. The van der Waals surface area contributed by atoms with Crippen molar-refractivity contribution in [3.8, 4) is 11.8 Å². The molecule has 0 bridgehead atoms. The Morgan fingerprint density at radius 3 is 2.52 bits per heavy atom. The lowest BCUT2D eigenvalue weighted by Crippen LogP contribution is -2.52. The number of benzene rings is 1. The second-order valence-corrected chi connectivity index (χ2v) is 12.4. The summed E-state index contributed by atoms with van der Waals surface area (Å²) in [6, 6.07) is 5.14. The fourth-order valence-corrected chi connectivity index (χ4v) is 5.83. The lowest BCUT2D eigenvalue weighted by Gasteiger charge is -2.37. The van der Waals surface area contributed by atoms with Gasteiger partial charge in [-0.05, 0) is 89.3 Å². The van der Waals surface area contributed by atoms with Crippen LogP contribution < -0.4 is 5.32 Å². The Kier molecular flexibility index (Phi) is 9.55. The van der Waals surface area contributed by atoms with Crippen molar-refractivity contribution in [3.05, 3.63) is 34.9 Å². The van der Waals surface area contributed by atoms with E-state index in [9.17, 15) is 19.2 Å². The van der Waals surface area contributed by atoms with Gasteiger partial charge in [-0.15, -0.1) is 0 Å². The van der Waals surface area contributed by atoms with Crippen LogP contribution in [-0.2, 0) is 20.9 Å². The standard InChI is InChI=1S/C32H43N3O5/c1-22-14-16-24(17-15-22)34(31(39)40-32(2,3)4)20-9-7-5-6-8-11-23-12-10-13-25-26(23)21-35(30(25)38)27-18-19-28(36)33-29(27)37/h10,12-13,22,24,27H,5-7,9,14-21H2,1-4H3,(H,33,36,37). The highest BCUT2D eigenvalue weighted by Gasteiger charge is 2.39. The Labute approximate surface area is 238 Å². The summed E-state index contributed by atoms with van der Waals surface area (Å²) in [5.74, 6) is 6.33. The lowest BCUT2D eigenvalue weighted by molar-refractivity contribution is -0.136. The van der Waals surface area contributed by atoms with E-state index in [4.69, 9.17) is 4.74 Å². The number of nitrogens with zero attached hydrogens (tertiary/aromatic N) is 2. The zero-order chi connectivity index (χ0) is 28.9. The Hall–Kier alpha value is -3.34. The highest BCUT2D eigenvalue weighted by atomic mass is 16.6. The Morgan fingerprint density at radius 2 is 1.82 bits per heavy atom. The van der Waals surface area contributed by atoms with Crippen LogP contribution in [0.5, 0.6) is 0 Å². The molecule has 1 aromatic rings. The highest BCUT2D eigenvalue weighted by Crippen LogP contribution is 2.30. The summed E-state index contributed by atoms with van der Waals surface area (Å²) in [6.45, 7) is 9.04. The molecule has 4 amide bonds. The molecule has 1 saturated heterocycles. The number of carbonyl (C=O) groups is 4. The number of fused-ring (bicyclic) bond motifs is 1. The number of piperidine rings is 1. The van der Waals surface area contributed by atoms with E-state index in [0.717, 1.165) is 68.4 Å². The summed E-state index contributed by atoms with van der Waals surface area (Å²) in [4.78, 5) is 53.3. The molecule has 1 N–H and O–H groups in total. The SMILES string of the molecule is CC1CCC(N(CCCCCC#Cc2cccc3c2CN(C2CCC(=O)NC2=O)C3=O)C(=O)OC(C)(C)C)CC1. The van der Waals surface area contributed by atoms with Crippen LogP contribution in [0.3, 0.4) is 0 Å². The molecule has 2 aliphatic heterocycles. The van der Waals surface area contributed by atoms with E-state index in [1.165, 1.54) is 0 Å². The monoisotopic (exact) mass is 549 g/mol. The van der Waals surface area contributed by atoms with Gasteiger partial charge in [-0.25, -0.2) is 4.79 Å². The van der Waals surface area contributed by atoms with Crippen molar-refractivity contribution in [1.29, 1.82) is 0 Å². The normalized spacial score (nSPS) is 22.8. The van der Waals surface area contributed by atoms with Gasteiger partial charge in [-0.2, -0.15) is 0 Å². The van der Waals surface area contributed by atoms with E-state index in [-0.39, 0.29) is 30.4 Å². The molecule has 1 atom stereocenters. The van der Waals surface area contributed by atoms with E-state index in [1.807, 2.05) is 37.8 Å². The topological polar surface area (TPSA) is 96.0 Å². The van der Waals surface area contributed by atoms with Gasteiger partial charge in [0.15, 0.2) is 0 Å². The summed E-state index contributed by atoms with van der Waals surface area (Å²) in [5.41, 5.74) is 1.73. The molecule has 0 radical (unpaired) electrons. The summed E-state index contributed by atoms with van der Waals surface area (Å²) < 4.78 is 5.73. The van der Waals surface area contributed by atoms with E-state index in [1.54, 1.807) is 11.0 Å². The molecule has 40 heavy (non-hydrogen) atoms. The largest absolute Gasteiger partial charge is 0.444 e. The van der Waals surface area contributed by atoms with Gasteiger partial charge in [-0.3, -0.25) is 19.7 Å². The quantitative estimate of drug-likeness (QED) is 0.287. The maximum absolute atomic E-state index is 13.0. The minimum atomic E-state index is -0.629. The lowest BCUT2D eigenvalue weighted by atomic mass is 9.86. The number of nitrogens with one attached hydrogen (secondary N) is 1. The number of hydrogen-bond donors (Lipinski definition) is 1. The van der Waals surface area contributed by atoms with Crippen molar-refractivity contribution in [2.75, 3.05) is 6.54 Å². The number of unbranched alkanes of at least 4 members (excludes halogenated alkanes) is 3. The van der Waals surface area contributed by atoms with Gasteiger partial charge in [-0.1, -0.05) is 31.3 Å². The zero-order valence-corrected chi connectivity index (χ0v) is 24.4. The smallest absolute Gasteiger partial charge is 0.410 e. The molecular weight excluding hydrogens is 506 g/mol. The fraction of sp³-hybridized carbons (Fsp3) is 0.625. The number of amides is 4. The maximum Gasteiger partial charge on any atom is 0.410 e. The van der Waals surface area contributed by atoms with Crippen LogP contribution in [0.15, 0.2) is 18.2 Å². The van der Waals surface area contributed by atoms with E-state index < -0.39 is 17.6 Å². The van der Waals surface area contributed by atoms with Crippen LogP contribution in [0.4, 0.5) is 4.79 Å². The molecule has 216 valence electrons. The third kappa shape index (κ3) is 7.44. The van der Waals surface area contributed by atoms with Crippen LogP contribution in [-0.4, -0.2) is 57.8 Å². The summed E-state index contributed by atoms with van der Waals surface area (Å²) in [7, 11) is 0. The first kappa shape index (κ1) is 29.6. The van der Waals surface area contributed by atoms with Gasteiger partial charge in [0.05, 0.1) is 0 Å². The van der Waals surface area contributed by atoms with Crippen molar-refractivity contribution in [3.63, 3.8) is 0 Å². The third-order valence-electron chi connectivity index (χ3n) is 8.06. The molecule has 0 aromatic heterocycles. The van der Waals surface area contributed by atoms with E-state index in [0.29, 0.717) is 25.1 Å². The van der Waals surface area contributed by atoms with Crippen LogP contribution in [0, 0.1) is 17.8 Å². The van der Waals surface area contributed by atoms with Crippen LogP contribution in [0.2, 0.25) is 0 Å². The molecule has 2 heterocycles. The number of carbonyl (C=O) groups excluding carboxylic acids is 4. The molecular formula is C32H43N3O5. The van der Waals surface area contributed by atoms with E-state index >= 15 is 0 Å². The molecule has 1 saturated carbocycles. The molecule has 1 unspecified atom stereocenters. The second kappa shape index (κ2) is 12.9.